The number of carbonyl (C=O) groups is 1. The van der Waals surface area contributed by atoms with Crippen LogP contribution in [0.2, 0.25) is 0 Å². The summed E-state index contributed by atoms with van der Waals surface area (Å²) >= 11 is 1.63. The molecule has 0 spiro atoms. The van der Waals surface area contributed by atoms with Crippen LogP contribution in [-0.4, -0.2) is 16.4 Å². The Bertz CT molecular complexity index is 614. The summed E-state index contributed by atoms with van der Waals surface area (Å²) in [5.74, 6) is -0.0928. The Kier molecular flexibility index (Phi) is 2.88. The molecule has 1 fully saturated rings. The third kappa shape index (κ3) is 2.52. The minimum atomic E-state index is -0.634. The molecule has 19 heavy (non-hydrogen) atoms. The third-order valence-corrected chi connectivity index (χ3v) is 4.07. The molecular weight excluding hydrogens is 258 g/mol. The number of hydrogen-bond acceptors (Lipinski definition) is 4. The Hall–Kier alpha value is -1.72. The first-order chi connectivity index (χ1) is 9.07. The highest BCUT2D eigenvalue weighted by Crippen LogP contribution is 2.33. The molecule has 1 saturated carbocycles. The number of amides is 1. The lowest BCUT2D eigenvalue weighted by molar-refractivity contribution is -0.118. The highest BCUT2D eigenvalue weighted by molar-refractivity contribution is 7.09. The molecule has 2 aromatic rings. The van der Waals surface area contributed by atoms with Gasteiger partial charge in [0.25, 0.3) is 0 Å². The molecule has 3 N–H and O–H groups in total. The van der Waals surface area contributed by atoms with Crippen molar-refractivity contribution < 1.29 is 4.79 Å². The summed E-state index contributed by atoms with van der Waals surface area (Å²) in [5, 5.41) is 5.92. The van der Waals surface area contributed by atoms with Gasteiger partial charge in [-0.1, -0.05) is 12.1 Å². The van der Waals surface area contributed by atoms with E-state index in [0.717, 1.165) is 34.8 Å². The van der Waals surface area contributed by atoms with Crippen LogP contribution in [0.4, 0.5) is 5.69 Å². The molecule has 0 aliphatic heterocycles. The molecule has 1 heterocycles. The maximum atomic E-state index is 11.8. The average Bonchev–Trinajstić information content (AvgIpc) is 3.01. The zero-order chi connectivity index (χ0) is 13.5. The molecule has 1 aliphatic carbocycles. The Balaban J connectivity index is 1.74. The van der Waals surface area contributed by atoms with E-state index in [-0.39, 0.29) is 5.91 Å². The Labute approximate surface area is 115 Å². The minimum absolute atomic E-state index is 0.0928. The normalized spacial score (nSPS) is 16.1. The third-order valence-electron chi connectivity index (χ3n) is 3.30. The van der Waals surface area contributed by atoms with Gasteiger partial charge >= 0.3 is 0 Å². The van der Waals surface area contributed by atoms with Crippen LogP contribution in [0, 0.1) is 6.92 Å². The zero-order valence-electron chi connectivity index (χ0n) is 10.6. The van der Waals surface area contributed by atoms with E-state index in [2.05, 4.69) is 10.3 Å². The first-order valence-corrected chi connectivity index (χ1v) is 7.08. The van der Waals surface area contributed by atoms with E-state index in [4.69, 9.17) is 5.73 Å². The molecule has 0 saturated heterocycles. The number of anilines is 1. The molecule has 4 nitrogen and oxygen atoms in total. The first-order valence-electron chi connectivity index (χ1n) is 6.20. The smallest absolute Gasteiger partial charge is 0.244 e. The average molecular weight is 273 g/mol. The van der Waals surface area contributed by atoms with Crippen LogP contribution in [0.1, 0.15) is 17.8 Å². The van der Waals surface area contributed by atoms with Crippen molar-refractivity contribution in [3.8, 4) is 11.3 Å². The zero-order valence-corrected chi connectivity index (χ0v) is 11.5. The van der Waals surface area contributed by atoms with Crippen molar-refractivity contribution in [3.63, 3.8) is 0 Å². The fourth-order valence-electron chi connectivity index (χ4n) is 1.84. The molecule has 98 valence electrons. The highest BCUT2D eigenvalue weighted by Gasteiger charge is 2.45. The largest absolute Gasteiger partial charge is 0.324 e. The number of rotatable bonds is 3. The molecule has 0 unspecified atom stereocenters. The second-order valence-corrected chi connectivity index (χ2v) is 6.00. The topological polar surface area (TPSA) is 68.0 Å². The molecule has 0 bridgehead atoms. The molecule has 0 radical (unpaired) electrons. The van der Waals surface area contributed by atoms with Crippen LogP contribution in [0.3, 0.4) is 0 Å². The van der Waals surface area contributed by atoms with Crippen molar-refractivity contribution in [2.45, 2.75) is 25.3 Å². The number of benzene rings is 1. The predicted octanol–water partition coefficient (Wildman–Crippen LogP) is 2.55. The molecular formula is C14H15N3OS. The van der Waals surface area contributed by atoms with E-state index in [0.29, 0.717) is 0 Å². The van der Waals surface area contributed by atoms with Gasteiger partial charge in [0.1, 0.15) is 0 Å². The van der Waals surface area contributed by atoms with Gasteiger partial charge in [0.05, 0.1) is 16.2 Å². The van der Waals surface area contributed by atoms with Crippen LogP contribution < -0.4 is 11.1 Å². The highest BCUT2D eigenvalue weighted by atomic mass is 32.1. The van der Waals surface area contributed by atoms with Gasteiger partial charge in [0, 0.05) is 16.6 Å². The second-order valence-electron chi connectivity index (χ2n) is 4.94. The lowest BCUT2D eigenvalue weighted by Gasteiger charge is -2.10. The monoisotopic (exact) mass is 273 g/mol. The van der Waals surface area contributed by atoms with E-state index in [1.54, 1.807) is 11.3 Å². The summed E-state index contributed by atoms with van der Waals surface area (Å²) in [6.45, 7) is 1.99. The SMILES string of the molecule is Cc1nc(-c2ccc(NC(=O)C3(N)CC3)cc2)cs1. The van der Waals surface area contributed by atoms with Crippen molar-refractivity contribution in [3.05, 3.63) is 34.7 Å². The predicted molar refractivity (Wildman–Crippen MR) is 77.1 cm³/mol. The van der Waals surface area contributed by atoms with E-state index < -0.39 is 5.54 Å². The summed E-state index contributed by atoms with van der Waals surface area (Å²) < 4.78 is 0. The molecule has 5 heteroatoms. The van der Waals surface area contributed by atoms with Crippen molar-refractivity contribution >= 4 is 22.9 Å². The molecule has 1 aromatic heterocycles. The maximum Gasteiger partial charge on any atom is 0.244 e. The van der Waals surface area contributed by atoms with Gasteiger partial charge in [0.2, 0.25) is 5.91 Å². The number of hydrogen-bond donors (Lipinski definition) is 2. The molecule has 0 atom stereocenters. The quantitative estimate of drug-likeness (QED) is 0.903. The standard InChI is InChI=1S/C14H15N3OS/c1-9-16-12(8-19-9)10-2-4-11(5-3-10)17-13(18)14(15)6-7-14/h2-5,8H,6-7,15H2,1H3,(H,17,18). The first kappa shape index (κ1) is 12.3. The summed E-state index contributed by atoms with van der Waals surface area (Å²) in [5.41, 5.74) is 8.00. The van der Waals surface area contributed by atoms with Crippen molar-refractivity contribution in [1.82, 2.24) is 4.98 Å². The van der Waals surface area contributed by atoms with Gasteiger partial charge in [-0.3, -0.25) is 4.79 Å². The number of aryl methyl sites for hydroxylation is 1. The minimum Gasteiger partial charge on any atom is -0.324 e. The van der Waals surface area contributed by atoms with Crippen LogP contribution in [-0.2, 0) is 4.79 Å². The van der Waals surface area contributed by atoms with Gasteiger partial charge in [-0.25, -0.2) is 4.98 Å². The molecule has 1 aromatic carbocycles. The van der Waals surface area contributed by atoms with E-state index in [9.17, 15) is 4.79 Å². The fraction of sp³-hybridized carbons (Fsp3) is 0.286. The van der Waals surface area contributed by atoms with Crippen LogP contribution in [0.25, 0.3) is 11.3 Å². The number of nitrogens with zero attached hydrogens (tertiary/aromatic N) is 1. The van der Waals surface area contributed by atoms with Crippen LogP contribution >= 0.6 is 11.3 Å². The van der Waals surface area contributed by atoms with E-state index >= 15 is 0 Å². The lowest BCUT2D eigenvalue weighted by atomic mass is 10.1. The number of nitrogens with two attached hydrogens (primary N) is 1. The van der Waals surface area contributed by atoms with Gasteiger partial charge in [-0.2, -0.15) is 0 Å². The van der Waals surface area contributed by atoms with Crippen molar-refractivity contribution in [2.24, 2.45) is 5.73 Å². The number of carbonyl (C=O) groups excluding carboxylic acids is 1. The number of thiazole rings is 1. The van der Waals surface area contributed by atoms with Crippen LogP contribution in [0.15, 0.2) is 29.6 Å². The van der Waals surface area contributed by atoms with Crippen LogP contribution in [0.5, 0.6) is 0 Å². The molecule has 1 aliphatic rings. The maximum absolute atomic E-state index is 11.8. The van der Waals surface area contributed by atoms with E-state index in [1.807, 2.05) is 36.6 Å². The molecule has 3 rings (SSSR count). The Morgan fingerprint density at radius 3 is 2.58 bits per heavy atom. The van der Waals surface area contributed by atoms with Crippen molar-refractivity contribution in [1.29, 1.82) is 0 Å². The Morgan fingerprint density at radius 2 is 2.05 bits per heavy atom. The summed E-state index contributed by atoms with van der Waals surface area (Å²) in [7, 11) is 0. The second kappa shape index (κ2) is 4.43. The fourth-order valence-corrected chi connectivity index (χ4v) is 2.46. The molecule has 1 amide bonds. The van der Waals surface area contributed by atoms with Gasteiger partial charge < -0.3 is 11.1 Å². The van der Waals surface area contributed by atoms with Crippen molar-refractivity contribution in [2.75, 3.05) is 5.32 Å². The van der Waals surface area contributed by atoms with Gasteiger partial charge in [0.15, 0.2) is 0 Å². The lowest BCUT2D eigenvalue weighted by Crippen LogP contribution is -2.37. The number of nitrogens with one attached hydrogen (secondary N) is 1. The number of aromatic nitrogens is 1. The summed E-state index contributed by atoms with van der Waals surface area (Å²) in [4.78, 5) is 16.2. The Morgan fingerprint density at radius 1 is 1.37 bits per heavy atom. The van der Waals surface area contributed by atoms with Gasteiger partial charge in [-0.15, -0.1) is 11.3 Å². The summed E-state index contributed by atoms with van der Waals surface area (Å²) in [6.07, 6.45) is 1.55. The summed E-state index contributed by atoms with van der Waals surface area (Å²) in [6, 6.07) is 7.68. The van der Waals surface area contributed by atoms with E-state index in [1.165, 1.54) is 0 Å². The van der Waals surface area contributed by atoms with Gasteiger partial charge in [-0.05, 0) is 31.9 Å².